The number of piperidine rings is 1. The molecule has 3 N–H and O–H groups in total. The van der Waals surface area contributed by atoms with Gasteiger partial charge in [0, 0.05) is 25.4 Å². The molecule has 0 aliphatic carbocycles. The van der Waals surface area contributed by atoms with Crippen LogP contribution in [0.1, 0.15) is 59.4 Å². The molecule has 3 amide bonds. The van der Waals surface area contributed by atoms with Crippen LogP contribution in [0.2, 0.25) is 0 Å². The number of likely N-dealkylation sites (tertiary alicyclic amines) is 1. The molecule has 0 saturated carbocycles. The van der Waals surface area contributed by atoms with Gasteiger partial charge in [-0.1, -0.05) is 44.2 Å². The number of nitrogens with one attached hydrogen (secondary N) is 2. The number of rotatable bonds is 9. The summed E-state index contributed by atoms with van der Waals surface area (Å²) in [4.78, 5) is 51.6. The van der Waals surface area contributed by atoms with E-state index in [0.717, 1.165) is 5.56 Å². The number of carboxylic acid groups (broad SMARTS) is 1. The van der Waals surface area contributed by atoms with Crippen molar-refractivity contribution in [3.63, 3.8) is 0 Å². The van der Waals surface area contributed by atoms with Gasteiger partial charge in [-0.3, -0.25) is 9.59 Å². The zero-order valence-electron chi connectivity index (χ0n) is 21.4. The van der Waals surface area contributed by atoms with E-state index in [1.54, 1.807) is 25.7 Å². The molecule has 35 heavy (non-hydrogen) atoms. The number of amides is 3. The SMILES string of the molecule is CC(C)C[C@H](NC(=O)C1CCN(C(=O)[C@@H](Cc2ccccc2)NC(=O)OC(C)(C)C)CC1)C(=O)O. The molecule has 1 saturated heterocycles. The van der Waals surface area contributed by atoms with E-state index in [4.69, 9.17) is 4.74 Å². The number of nitrogens with zero attached hydrogens (tertiary/aromatic N) is 1. The van der Waals surface area contributed by atoms with Crippen LogP contribution in [0.15, 0.2) is 30.3 Å². The first-order valence-corrected chi connectivity index (χ1v) is 12.2. The Morgan fingerprint density at radius 1 is 1.03 bits per heavy atom. The minimum Gasteiger partial charge on any atom is -0.480 e. The molecule has 0 radical (unpaired) electrons. The largest absolute Gasteiger partial charge is 0.480 e. The van der Waals surface area contributed by atoms with Crippen molar-refractivity contribution in [1.29, 1.82) is 0 Å². The predicted octanol–water partition coefficient (Wildman–Crippen LogP) is 2.98. The molecule has 9 nitrogen and oxygen atoms in total. The fraction of sp³-hybridized carbons (Fsp3) is 0.615. The molecular formula is C26H39N3O6. The molecule has 194 valence electrons. The molecule has 1 aromatic carbocycles. The first-order chi connectivity index (χ1) is 16.4. The van der Waals surface area contributed by atoms with E-state index in [1.807, 2.05) is 44.2 Å². The average Bonchev–Trinajstić information content (AvgIpc) is 2.77. The van der Waals surface area contributed by atoms with Crippen LogP contribution in [0.5, 0.6) is 0 Å². The second-order valence-corrected chi connectivity index (χ2v) is 10.5. The number of ether oxygens (including phenoxy) is 1. The summed E-state index contributed by atoms with van der Waals surface area (Å²) in [5.74, 6) is -1.80. The van der Waals surface area contributed by atoms with Crippen LogP contribution in [-0.2, 0) is 25.5 Å². The zero-order valence-corrected chi connectivity index (χ0v) is 21.4. The molecule has 1 heterocycles. The fourth-order valence-electron chi connectivity index (χ4n) is 4.06. The van der Waals surface area contributed by atoms with Gasteiger partial charge < -0.3 is 25.4 Å². The number of benzene rings is 1. The Bertz CT molecular complexity index is 873. The Morgan fingerprint density at radius 3 is 2.14 bits per heavy atom. The quantitative estimate of drug-likeness (QED) is 0.490. The van der Waals surface area contributed by atoms with E-state index < -0.39 is 29.7 Å². The number of hydrogen-bond donors (Lipinski definition) is 3. The van der Waals surface area contributed by atoms with E-state index >= 15 is 0 Å². The third-order valence-corrected chi connectivity index (χ3v) is 5.77. The first-order valence-electron chi connectivity index (χ1n) is 12.2. The summed E-state index contributed by atoms with van der Waals surface area (Å²) in [7, 11) is 0. The van der Waals surface area contributed by atoms with Crippen LogP contribution in [0.25, 0.3) is 0 Å². The molecule has 2 rings (SSSR count). The molecular weight excluding hydrogens is 450 g/mol. The topological polar surface area (TPSA) is 125 Å². The number of alkyl carbamates (subject to hydrolysis) is 1. The van der Waals surface area contributed by atoms with Gasteiger partial charge in [0.2, 0.25) is 11.8 Å². The summed E-state index contributed by atoms with van der Waals surface area (Å²) < 4.78 is 5.35. The van der Waals surface area contributed by atoms with Crippen molar-refractivity contribution in [2.75, 3.05) is 13.1 Å². The maximum Gasteiger partial charge on any atom is 0.408 e. The van der Waals surface area contributed by atoms with Gasteiger partial charge in [-0.25, -0.2) is 9.59 Å². The average molecular weight is 490 g/mol. The lowest BCUT2D eigenvalue weighted by molar-refractivity contribution is -0.143. The standard InChI is InChI=1S/C26H39N3O6/c1-17(2)15-21(24(32)33)27-22(30)19-11-13-29(14-12-19)23(31)20(16-18-9-7-6-8-10-18)28-25(34)35-26(3,4)5/h6-10,17,19-21H,11-16H2,1-5H3,(H,27,30)(H,28,34)(H,32,33)/t20-,21+/m1/s1. The highest BCUT2D eigenvalue weighted by Crippen LogP contribution is 2.20. The summed E-state index contributed by atoms with van der Waals surface area (Å²) in [6.45, 7) is 9.78. The van der Waals surface area contributed by atoms with Crippen LogP contribution in [-0.4, -0.2) is 64.7 Å². The minimum atomic E-state index is -1.04. The highest BCUT2D eigenvalue weighted by molar-refractivity contribution is 5.87. The second kappa shape index (κ2) is 12.6. The molecule has 1 aliphatic rings. The highest BCUT2D eigenvalue weighted by atomic mass is 16.6. The fourth-order valence-corrected chi connectivity index (χ4v) is 4.06. The third kappa shape index (κ3) is 9.58. The van der Waals surface area contributed by atoms with Crippen LogP contribution in [0.3, 0.4) is 0 Å². The van der Waals surface area contributed by atoms with Gasteiger partial charge in [0.25, 0.3) is 0 Å². The van der Waals surface area contributed by atoms with E-state index in [9.17, 15) is 24.3 Å². The Balaban J connectivity index is 2.01. The molecule has 0 unspecified atom stereocenters. The molecule has 2 atom stereocenters. The van der Waals surface area contributed by atoms with Crippen LogP contribution >= 0.6 is 0 Å². The number of carbonyl (C=O) groups excluding carboxylic acids is 3. The van der Waals surface area contributed by atoms with Crippen molar-refractivity contribution in [1.82, 2.24) is 15.5 Å². The molecule has 1 fully saturated rings. The van der Waals surface area contributed by atoms with Crippen molar-refractivity contribution in [3.8, 4) is 0 Å². The Morgan fingerprint density at radius 2 is 1.63 bits per heavy atom. The lowest BCUT2D eigenvalue weighted by atomic mass is 9.94. The Kier molecular flexibility index (Phi) is 10.1. The summed E-state index contributed by atoms with van der Waals surface area (Å²) in [5, 5.41) is 14.8. The van der Waals surface area contributed by atoms with Crippen LogP contribution in [0, 0.1) is 11.8 Å². The van der Waals surface area contributed by atoms with Crippen molar-refractivity contribution in [2.24, 2.45) is 11.8 Å². The van der Waals surface area contributed by atoms with E-state index in [2.05, 4.69) is 10.6 Å². The Labute approximate surface area is 207 Å². The van der Waals surface area contributed by atoms with Gasteiger partial charge in [0.05, 0.1) is 0 Å². The number of carboxylic acids is 1. The third-order valence-electron chi connectivity index (χ3n) is 5.77. The van der Waals surface area contributed by atoms with Crippen molar-refractivity contribution in [3.05, 3.63) is 35.9 Å². The summed E-state index contributed by atoms with van der Waals surface area (Å²) in [5.41, 5.74) is 0.209. The molecule has 0 spiro atoms. The number of aliphatic carboxylic acids is 1. The number of hydrogen-bond acceptors (Lipinski definition) is 5. The zero-order chi connectivity index (χ0) is 26.2. The second-order valence-electron chi connectivity index (χ2n) is 10.5. The van der Waals surface area contributed by atoms with Gasteiger partial charge in [0.1, 0.15) is 17.7 Å². The van der Waals surface area contributed by atoms with Gasteiger partial charge in [0.15, 0.2) is 0 Å². The van der Waals surface area contributed by atoms with Crippen molar-refractivity contribution < 1.29 is 29.0 Å². The van der Waals surface area contributed by atoms with Crippen LogP contribution < -0.4 is 10.6 Å². The smallest absolute Gasteiger partial charge is 0.408 e. The summed E-state index contributed by atoms with van der Waals surface area (Å²) in [6.07, 6.45) is 0.864. The van der Waals surface area contributed by atoms with Gasteiger partial charge in [-0.05, 0) is 51.5 Å². The van der Waals surface area contributed by atoms with Crippen LogP contribution in [0.4, 0.5) is 4.79 Å². The molecule has 1 aliphatic heterocycles. The lowest BCUT2D eigenvalue weighted by Gasteiger charge is -2.34. The van der Waals surface area contributed by atoms with Gasteiger partial charge in [-0.15, -0.1) is 0 Å². The van der Waals surface area contributed by atoms with E-state index in [1.165, 1.54) is 0 Å². The van der Waals surface area contributed by atoms with E-state index in [-0.39, 0.29) is 23.7 Å². The normalized spacial score (nSPS) is 16.3. The molecule has 0 bridgehead atoms. The maximum absolute atomic E-state index is 13.3. The number of carbonyl (C=O) groups is 4. The molecule has 0 aromatic heterocycles. The lowest BCUT2D eigenvalue weighted by Crippen LogP contribution is -2.53. The monoisotopic (exact) mass is 489 g/mol. The first kappa shape index (κ1) is 28.1. The molecule has 9 heteroatoms. The predicted molar refractivity (Wildman–Crippen MR) is 132 cm³/mol. The minimum absolute atomic E-state index is 0.134. The summed E-state index contributed by atoms with van der Waals surface area (Å²) in [6, 6.07) is 7.69. The van der Waals surface area contributed by atoms with Gasteiger partial charge >= 0.3 is 12.1 Å². The van der Waals surface area contributed by atoms with Crippen molar-refractivity contribution >= 4 is 23.9 Å². The Hall–Kier alpha value is -3.10. The summed E-state index contributed by atoms with van der Waals surface area (Å²) >= 11 is 0. The van der Waals surface area contributed by atoms with Crippen molar-refractivity contribution in [2.45, 2.75) is 78.0 Å². The van der Waals surface area contributed by atoms with E-state index in [0.29, 0.717) is 38.8 Å². The molecule has 1 aromatic rings. The van der Waals surface area contributed by atoms with Gasteiger partial charge in [-0.2, -0.15) is 0 Å². The highest BCUT2D eigenvalue weighted by Gasteiger charge is 2.34. The maximum atomic E-state index is 13.3.